The van der Waals surface area contributed by atoms with Crippen LogP contribution in [0.3, 0.4) is 0 Å². The molecule has 1 heteroatoms. The molecule has 1 heterocycles. The van der Waals surface area contributed by atoms with Crippen molar-refractivity contribution in [1.29, 1.82) is 0 Å². The standard InChI is InChI=1S/C8H10.C5H6O/c1-7-3-5-8(2)6-4-7;1-5-3-2-4-6-5/h3-6H,1-2H3;2-4H,1H3. The molecule has 0 aliphatic carbocycles. The Morgan fingerprint density at radius 2 is 1.29 bits per heavy atom. The highest BCUT2D eigenvalue weighted by atomic mass is 16.3. The van der Waals surface area contributed by atoms with Crippen LogP contribution in [0.4, 0.5) is 0 Å². The molecule has 0 fully saturated rings. The van der Waals surface area contributed by atoms with Gasteiger partial charge in [0.2, 0.25) is 0 Å². The third-order valence-electron chi connectivity index (χ3n) is 1.88. The fourth-order valence-corrected chi connectivity index (χ4v) is 0.998. The first-order valence-electron chi connectivity index (χ1n) is 4.72. The van der Waals surface area contributed by atoms with Crippen molar-refractivity contribution >= 4 is 0 Å². The number of rotatable bonds is 0. The zero-order valence-corrected chi connectivity index (χ0v) is 8.95. The minimum absolute atomic E-state index is 0.968. The number of hydrogen-bond donors (Lipinski definition) is 0. The molecule has 1 aromatic carbocycles. The summed E-state index contributed by atoms with van der Waals surface area (Å²) in [7, 11) is 0. The van der Waals surface area contributed by atoms with Crippen molar-refractivity contribution in [3.63, 3.8) is 0 Å². The number of hydrogen-bond acceptors (Lipinski definition) is 1. The zero-order valence-electron chi connectivity index (χ0n) is 8.95. The number of furan rings is 1. The van der Waals surface area contributed by atoms with Crippen LogP contribution in [0.25, 0.3) is 0 Å². The molecule has 2 rings (SSSR count). The Balaban J connectivity index is 0.000000146. The van der Waals surface area contributed by atoms with Crippen LogP contribution in [0.5, 0.6) is 0 Å². The van der Waals surface area contributed by atoms with E-state index in [1.165, 1.54) is 11.1 Å². The Morgan fingerprint density at radius 3 is 1.50 bits per heavy atom. The van der Waals surface area contributed by atoms with E-state index in [0.29, 0.717) is 0 Å². The lowest BCUT2D eigenvalue weighted by Crippen LogP contribution is -1.70. The van der Waals surface area contributed by atoms with Gasteiger partial charge in [0.1, 0.15) is 5.76 Å². The molecule has 14 heavy (non-hydrogen) atoms. The van der Waals surface area contributed by atoms with E-state index in [2.05, 4.69) is 38.1 Å². The molecule has 1 nitrogen and oxygen atoms in total. The number of aryl methyl sites for hydroxylation is 3. The molecular formula is C13H16O. The Kier molecular flexibility index (Phi) is 3.99. The van der Waals surface area contributed by atoms with Gasteiger partial charge >= 0.3 is 0 Å². The van der Waals surface area contributed by atoms with Crippen LogP contribution in [0, 0.1) is 20.8 Å². The van der Waals surface area contributed by atoms with Crippen molar-refractivity contribution in [2.45, 2.75) is 20.8 Å². The fourth-order valence-electron chi connectivity index (χ4n) is 0.998. The van der Waals surface area contributed by atoms with Crippen LogP contribution in [0.1, 0.15) is 16.9 Å². The van der Waals surface area contributed by atoms with Gasteiger partial charge in [-0.05, 0) is 32.9 Å². The van der Waals surface area contributed by atoms with Gasteiger partial charge in [-0.1, -0.05) is 35.4 Å². The molecule has 0 unspecified atom stereocenters. The predicted molar refractivity (Wildman–Crippen MR) is 59.4 cm³/mol. The van der Waals surface area contributed by atoms with Crippen LogP contribution >= 0.6 is 0 Å². The van der Waals surface area contributed by atoms with E-state index in [9.17, 15) is 0 Å². The van der Waals surface area contributed by atoms with Crippen LogP contribution in [0.2, 0.25) is 0 Å². The molecule has 0 amide bonds. The molecule has 0 saturated carbocycles. The summed E-state index contributed by atoms with van der Waals surface area (Å²) in [6.45, 7) is 6.11. The average Bonchev–Trinajstić information content (AvgIpc) is 2.63. The Hall–Kier alpha value is -1.50. The lowest BCUT2D eigenvalue weighted by Gasteiger charge is -1.90. The molecule has 0 radical (unpaired) electrons. The van der Waals surface area contributed by atoms with Crippen LogP contribution in [-0.2, 0) is 0 Å². The maximum Gasteiger partial charge on any atom is 0.100 e. The third-order valence-corrected chi connectivity index (χ3v) is 1.88. The van der Waals surface area contributed by atoms with Gasteiger partial charge in [-0.2, -0.15) is 0 Å². The normalized spacial score (nSPS) is 9.07. The van der Waals surface area contributed by atoms with Gasteiger partial charge in [0.25, 0.3) is 0 Å². The average molecular weight is 188 g/mol. The Labute approximate surface area is 85.4 Å². The van der Waals surface area contributed by atoms with Crippen LogP contribution in [0.15, 0.2) is 47.1 Å². The van der Waals surface area contributed by atoms with Crippen LogP contribution < -0.4 is 0 Å². The largest absolute Gasteiger partial charge is 0.470 e. The topological polar surface area (TPSA) is 13.1 Å². The first-order valence-corrected chi connectivity index (χ1v) is 4.72. The van der Waals surface area contributed by atoms with E-state index in [-0.39, 0.29) is 0 Å². The molecule has 0 atom stereocenters. The summed E-state index contributed by atoms with van der Waals surface area (Å²) in [6, 6.07) is 12.3. The second-order valence-corrected chi connectivity index (χ2v) is 3.38. The molecule has 74 valence electrons. The molecule has 1 aromatic heterocycles. The Bertz CT molecular complexity index is 322. The van der Waals surface area contributed by atoms with Crippen molar-refractivity contribution in [3.8, 4) is 0 Å². The zero-order chi connectivity index (χ0) is 10.4. The van der Waals surface area contributed by atoms with Crippen LogP contribution in [-0.4, -0.2) is 0 Å². The smallest absolute Gasteiger partial charge is 0.100 e. The molecule has 0 N–H and O–H groups in total. The summed E-state index contributed by atoms with van der Waals surface area (Å²) >= 11 is 0. The highest BCUT2D eigenvalue weighted by Crippen LogP contribution is 1.99. The van der Waals surface area contributed by atoms with Gasteiger partial charge in [-0.15, -0.1) is 0 Å². The van der Waals surface area contributed by atoms with E-state index in [4.69, 9.17) is 4.42 Å². The van der Waals surface area contributed by atoms with E-state index in [1.54, 1.807) is 6.26 Å². The molecule has 2 aromatic rings. The first-order chi connectivity index (χ1) is 6.68. The predicted octanol–water partition coefficient (Wildman–Crippen LogP) is 3.89. The van der Waals surface area contributed by atoms with E-state index < -0.39 is 0 Å². The molecule has 0 saturated heterocycles. The van der Waals surface area contributed by atoms with E-state index in [0.717, 1.165) is 5.76 Å². The summed E-state index contributed by atoms with van der Waals surface area (Å²) in [5.74, 6) is 0.968. The van der Waals surface area contributed by atoms with Gasteiger partial charge in [0.05, 0.1) is 6.26 Å². The lowest BCUT2D eigenvalue weighted by atomic mass is 10.2. The minimum atomic E-state index is 0.968. The summed E-state index contributed by atoms with van der Waals surface area (Å²) in [5, 5.41) is 0. The fraction of sp³-hybridized carbons (Fsp3) is 0.231. The van der Waals surface area contributed by atoms with Gasteiger partial charge < -0.3 is 4.42 Å². The third kappa shape index (κ3) is 3.94. The lowest BCUT2D eigenvalue weighted by molar-refractivity contribution is 0.534. The maximum absolute atomic E-state index is 4.83. The van der Waals surface area contributed by atoms with Crippen molar-refractivity contribution in [1.82, 2.24) is 0 Å². The minimum Gasteiger partial charge on any atom is -0.470 e. The first kappa shape index (κ1) is 10.6. The highest BCUT2D eigenvalue weighted by molar-refractivity contribution is 5.19. The van der Waals surface area contributed by atoms with E-state index in [1.807, 2.05) is 19.1 Å². The van der Waals surface area contributed by atoms with E-state index >= 15 is 0 Å². The van der Waals surface area contributed by atoms with Crippen molar-refractivity contribution in [2.24, 2.45) is 0 Å². The maximum atomic E-state index is 4.83. The Morgan fingerprint density at radius 1 is 0.786 bits per heavy atom. The van der Waals surface area contributed by atoms with Crippen molar-refractivity contribution in [3.05, 3.63) is 59.5 Å². The molecule has 0 bridgehead atoms. The highest BCUT2D eigenvalue weighted by Gasteiger charge is 1.79. The van der Waals surface area contributed by atoms with Gasteiger partial charge in [0.15, 0.2) is 0 Å². The van der Waals surface area contributed by atoms with Gasteiger partial charge in [-0.25, -0.2) is 0 Å². The summed E-state index contributed by atoms with van der Waals surface area (Å²) in [4.78, 5) is 0. The second-order valence-electron chi connectivity index (χ2n) is 3.38. The van der Waals surface area contributed by atoms with Gasteiger partial charge in [0, 0.05) is 0 Å². The SMILES string of the molecule is Cc1ccc(C)cc1.Cc1ccco1. The summed E-state index contributed by atoms with van der Waals surface area (Å²) < 4.78 is 4.83. The second kappa shape index (κ2) is 5.28. The summed E-state index contributed by atoms with van der Waals surface area (Å²) in [5.41, 5.74) is 2.66. The van der Waals surface area contributed by atoms with Crippen molar-refractivity contribution in [2.75, 3.05) is 0 Å². The van der Waals surface area contributed by atoms with Gasteiger partial charge in [-0.3, -0.25) is 0 Å². The molecule has 0 aliphatic heterocycles. The molecular weight excluding hydrogens is 172 g/mol. The molecule has 0 aliphatic rings. The quantitative estimate of drug-likeness (QED) is 0.611. The monoisotopic (exact) mass is 188 g/mol. The molecule has 0 spiro atoms. The summed E-state index contributed by atoms with van der Waals surface area (Å²) in [6.07, 6.45) is 1.66. The van der Waals surface area contributed by atoms with Crippen molar-refractivity contribution < 1.29 is 4.42 Å². The number of benzene rings is 1.